The molecule has 0 atom stereocenters. The van der Waals surface area contributed by atoms with Gasteiger partial charge < -0.3 is 10.2 Å². The second-order valence-electron chi connectivity index (χ2n) is 4.45. The van der Waals surface area contributed by atoms with Crippen LogP contribution in [0.4, 0.5) is 13.2 Å². The van der Waals surface area contributed by atoms with Crippen LogP contribution < -0.4 is 5.32 Å². The first-order valence-electron chi connectivity index (χ1n) is 5.97. The molecule has 6 heteroatoms. The molecule has 1 amide bonds. The molecule has 0 radical (unpaired) electrons. The predicted octanol–water partition coefficient (Wildman–Crippen LogP) is 1.79. The van der Waals surface area contributed by atoms with E-state index in [1.165, 1.54) is 6.42 Å². The molecule has 0 unspecified atom stereocenters. The fourth-order valence-electron chi connectivity index (χ4n) is 1.82. The van der Waals surface area contributed by atoms with E-state index in [2.05, 4.69) is 5.32 Å². The van der Waals surface area contributed by atoms with Crippen LogP contribution in [0.1, 0.15) is 26.2 Å². The first kappa shape index (κ1) is 14.3. The molecule has 1 aliphatic carbocycles. The first-order valence-corrected chi connectivity index (χ1v) is 5.97. The van der Waals surface area contributed by atoms with E-state index in [-0.39, 0.29) is 12.5 Å². The summed E-state index contributed by atoms with van der Waals surface area (Å²) in [6.45, 7) is 1.74. The Morgan fingerprint density at radius 1 is 1.41 bits per heavy atom. The van der Waals surface area contributed by atoms with Gasteiger partial charge in [0.25, 0.3) is 0 Å². The zero-order valence-corrected chi connectivity index (χ0v) is 10.0. The number of rotatable bonds is 6. The van der Waals surface area contributed by atoms with Gasteiger partial charge in [0.1, 0.15) is 0 Å². The number of hydrogen-bond donors (Lipinski definition) is 1. The molecule has 0 aromatic carbocycles. The standard InChI is InChI=1S/C11H19F3N2O/c1-2-16(7-9-4-3-5-9)10(17)6-15-8-11(12,13)14/h9,15H,2-8H2,1H3. The lowest BCUT2D eigenvalue weighted by atomic mass is 9.85. The van der Waals surface area contributed by atoms with Gasteiger partial charge in [0, 0.05) is 13.1 Å². The lowest BCUT2D eigenvalue weighted by Crippen LogP contribution is -2.43. The quantitative estimate of drug-likeness (QED) is 0.781. The summed E-state index contributed by atoms with van der Waals surface area (Å²) in [5, 5.41) is 2.13. The molecule has 1 fully saturated rings. The third-order valence-corrected chi connectivity index (χ3v) is 3.04. The molecule has 0 aliphatic heterocycles. The van der Waals surface area contributed by atoms with Crippen molar-refractivity contribution in [3.8, 4) is 0 Å². The Hall–Kier alpha value is -0.780. The third-order valence-electron chi connectivity index (χ3n) is 3.04. The minimum atomic E-state index is -4.26. The van der Waals surface area contributed by atoms with Crippen LogP contribution in [-0.4, -0.2) is 43.2 Å². The summed E-state index contributed by atoms with van der Waals surface area (Å²) < 4.78 is 35.6. The molecule has 0 spiro atoms. The number of carbonyl (C=O) groups is 1. The normalized spacial score (nSPS) is 16.7. The molecule has 0 aromatic heterocycles. The van der Waals surface area contributed by atoms with Crippen LogP contribution in [0.2, 0.25) is 0 Å². The summed E-state index contributed by atoms with van der Waals surface area (Å²) in [5.74, 6) is 0.296. The smallest absolute Gasteiger partial charge is 0.342 e. The first-order chi connectivity index (χ1) is 7.92. The molecule has 100 valence electrons. The summed E-state index contributed by atoms with van der Waals surface area (Å²) in [5.41, 5.74) is 0. The molecule has 0 saturated heterocycles. The minimum absolute atomic E-state index is 0.236. The van der Waals surface area contributed by atoms with Crippen LogP contribution in [0.5, 0.6) is 0 Å². The van der Waals surface area contributed by atoms with E-state index >= 15 is 0 Å². The highest BCUT2D eigenvalue weighted by Gasteiger charge is 2.27. The maximum Gasteiger partial charge on any atom is 0.401 e. The number of amides is 1. The monoisotopic (exact) mass is 252 g/mol. The molecule has 0 heterocycles. The maximum atomic E-state index is 11.9. The Morgan fingerprint density at radius 3 is 2.47 bits per heavy atom. The number of alkyl halides is 3. The van der Waals surface area contributed by atoms with E-state index in [9.17, 15) is 18.0 Å². The fraction of sp³-hybridized carbons (Fsp3) is 0.909. The average molecular weight is 252 g/mol. The van der Waals surface area contributed by atoms with E-state index in [0.717, 1.165) is 12.8 Å². The molecule has 0 bridgehead atoms. The Morgan fingerprint density at radius 2 is 2.06 bits per heavy atom. The number of likely N-dealkylation sites (N-methyl/N-ethyl adjacent to an activating group) is 1. The zero-order chi connectivity index (χ0) is 12.9. The van der Waals surface area contributed by atoms with Crippen LogP contribution in [0.3, 0.4) is 0 Å². The molecule has 0 aromatic rings. The SMILES string of the molecule is CCN(CC1CCC1)C(=O)CNCC(F)(F)F. The van der Waals surface area contributed by atoms with Gasteiger partial charge in [0.2, 0.25) is 5.91 Å². The van der Waals surface area contributed by atoms with Crippen molar-refractivity contribution >= 4 is 5.91 Å². The zero-order valence-electron chi connectivity index (χ0n) is 10.0. The molecule has 1 aliphatic rings. The Kier molecular flexibility index (Phi) is 5.24. The summed E-state index contributed by atoms with van der Waals surface area (Å²) in [4.78, 5) is 13.3. The Labute approximate surface area is 99.4 Å². The summed E-state index contributed by atoms with van der Waals surface area (Å²) in [7, 11) is 0. The van der Waals surface area contributed by atoms with Crippen LogP contribution in [0.15, 0.2) is 0 Å². The van der Waals surface area contributed by atoms with Crippen molar-refractivity contribution in [1.82, 2.24) is 10.2 Å². The van der Waals surface area contributed by atoms with Gasteiger partial charge in [-0.15, -0.1) is 0 Å². The molecule has 1 N–H and O–H groups in total. The van der Waals surface area contributed by atoms with Crippen molar-refractivity contribution in [3.05, 3.63) is 0 Å². The van der Waals surface area contributed by atoms with Gasteiger partial charge >= 0.3 is 6.18 Å². The van der Waals surface area contributed by atoms with Gasteiger partial charge in [-0.3, -0.25) is 4.79 Å². The molecule has 1 rings (SSSR count). The highest BCUT2D eigenvalue weighted by atomic mass is 19.4. The predicted molar refractivity (Wildman–Crippen MR) is 58.5 cm³/mol. The van der Waals surface area contributed by atoms with Crippen molar-refractivity contribution in [2.24, 2.45) is 5.92 Å². The summed E-state index contributed by atoms with van der Waals surface area (Å²) in [6.07, 6.45) is -0.812. The highest BCUT2D eigenvalue weighted by molar-refractivity contribution is 5.78. The maximum absolute atomic E-state index is 11.9. The second kappa shape index (κ2) is 6.23. The van der Waals surface area contributed by atoms with Crippen molar-refractivity contribution in [2.75, 3.05) is 26.2 Å². The van der Waals surface area contributed by atoms with Gasteiger partial charge in [-0.05, 0) is 25.7 Å². The van der Waals surface area contributed by atoms with Gasteiger partial charge in [-0.2, -0.15) is 13.2 Å². The number of nitrogens with zero attached hydrogens (tertiary/aromatic N) is 1. The van der Waals surface area contributed by atoms with Gasteiger partial charge in [0.15, 0.2) is 0 Å². The van der Waals surface area contributed by atoms with Gasteiger partial charge in [-0.1, -0.05) is 6.42 Å². The van der Waals surface area contributed by atoms with E-state index in [0.29, 0.717) is 19.0 Å². The third kappa shape index (κ3) is 5.39. The molecule has 17 heavy (non-hydrogen) atoms. The van der Waals surface area contributed by atoms with Gasteiger partial charge in [-0.25, -0.2) is 0 Å². The van der Waals surface area contributed by atoms with Crippen molar-refractivity contribution in [1.29, 1.82) is 0 Å². The topological polar surface area (TPSA) is 32.3 Å². The van der Waals surface area contributed by atoms with Crippen LogP contribution in [0.25, 0.3) is 0 Å². The average Bonchev–Trinajstić information content (AvgIpc) is 2.14. The number of hydrogen-bond acceptors (Lipinski definition) is 2. The van der Waals surface area contributed by atoms with E-state index in [1.807, 2.05) is 6.92 Å². The molecule has 3 nitrogen and oxygen atoms in total. The van der Waals surface area contributed by atoms with E-state index < -0.39 is 12.7 Å². The summed E-state index contributed by atoms with van der Waals surface area (Å²) in [6, 6.07) is 0. The Bertz CT molecular complexity index is 252. The lowest BCUT2D eigenvalue weighted by molar-refractivity contribution is -0.134. The van der Waals surface area contributed by atoms with E-state index in [1.54, 1.807) is 4.90 Å². The number of nitrogens with one attached hydrogen (secondary N) is 1. The van der Waals surface area contributed by atoms with Crippen LogP contribution in [-0.2, 0) is 4.79 Å². The minimum Gasteiger partial charge on any atom is -0.342 e. The molecule has 1 saturated carbocycles. The number of halogens is 3. The van der Waals surface area contributed by atoms with Crippen molar-refractivity contribution in [2.45, 2.75) is 32.4 Å². The molecular formula is C11H19F3N2O. The van der Waals surface area contributed by atoms with Crippen molar-refractivity contribution in [3.63, 3.8) is 0 Å². The van der Waals surface area contributed by atoms with E-state index in [4.69, 9.17) is 0 Å². The Balaban J connectivity index is 2.23. The van der Waals surface area contributed by atoms with Crippen molar-refractivity contribution < 1.29 is 18.0 Å². The van der Waals surface area contributed by atoms with Crippen LogP contribution >= 0.6 is 0 Å². The number of carbonyl (C=O) groups excluding carboxylic acids is 1. The van der Waals surface area contributed by atoms with Gasteiger partial charge in [0.05, 0.1) is 13.1 Å². The van der Waals surface area contributed by atoms with Crippen LogP contribution in [0, 0.1) is 5.92 Å². The lowest BCUT2D eigenvalue weighted by Gasteiger charge is -2.31. The molecular weight excluding hydrogens is 233 g/mol. The second-order valence-corrected chi connectivity index (χ2v) is 4.45. The fourth-order valence-corrected chi connectivity index (χ4v) is 1.82. The largest absolute Gasteiger partial charge is 0.401 e. The highest BCUT2D eigenvalue weighted by Crippen LogP contribution is 2.26. The summed E-state index contributed by atoms with van der Waals surface area (Å²) >= 11 is 0.